The quantitative estimate of drug-likeness (QED) is 0.663. The molecule has 0 unspecified atom stereocenters. The van der Waals surface area contributed by atoms with Crippen LogP contribution in [0.2, 0.25) is 0 Å². The highest BCUT2D eigenvalue weighted by atomic mass is 16.5. The number of esters is 1. The van der Waals surface area contributed by atoms with Crippen molar-refractivity contribution in [2.45, 2.75) is 27.2 Å². The second-order valence-corrected chi connectivity index (χ2v) is 2.11. The van der Waals surface area contributed by atoms with Crippen molar-refractivity contribution in [2.24, 2.45) is 0 Å². The summed E-state index contributed by atoms with van der Waals surface area (Å²) in [6.45, 7) is 5.96. The van der Waals surface area contributed by atoms with Gasteiger partial charge in [-0.15, -0.1) is 0 Å². The smallest absolute Gasteiger partial charge is 0.373 e. The van der Waals surface area contributed by atoms with Gasteiger partial charge in [0.15, 0.2) is 0 Å². The summed E-state index contributed by atoms with van der Waals surface area (Å²) in [7, 11) is 1.33. The molecule has 13 heavy (non-hydrogen) atoms. The van der Waals surface area contributed by atoms with Gasteiger partial charge in [0, 0.05) is 6.42 Å². The largest absolute Gasteiger partial charge is 0.463 e. The lowest BCUT2D eigenvalue weighted by Crippen LogP contribution is -1.98. The molecule has 0 saturated heterocycles. The zero-order valence-electron chi connectivity index (χ0n) is 8.59. The number of carbonyl (C=O) groups is 1. The molecular formula is C10H16O3. The number of aryl methyl sites for hydroxylation is 1. The maximum absolute atomic E-state index is 10.8. The third-order valence-corrected chi connectivity index (χ3v) is 1.40. The average molecular weight is 184 g/mol. The van der Waals surface area contributed by atoms with Crippen molar-refractivity contribution in [2.75, 3.05) is 7.11 Å². The zero-order chi connectivity index (χ0) is 10.3. The standard InChI is InChI=1S/C8H10O3.C2H6/c1-3-6-4-5-7(11-6)8(9)10-2;1-2/h4-5H,3H2,1-2H3;1-2H3. The van der Waals surface area contributed by atoms with Crippen molar-refractivity contribution in [1.29, 1.82) is 0 Å². The fraction of sp³-hybridized carbons (Fsp3) is 0.500. The van der Waals surface area contributed by atoms with Gasteiger partial charge in [-0.05, 0) is 12.1 Å². The van der Waals surface area contributed by atoms with E-state index >= 15 is 0 Å². The van der Waals surface area contributed by atoms with Gasteiger partial charge in [0.2, 0.25) is 5.76 Å². The molecule has 1 aromatic rings. The summed E-state index contributed by atoms with van der Waals surface area (Å²) >= 11 is 0. The Labute approximate surface area is 78.7 Å². The normalized spacial score (nSPS) is 8.62. The maximum Gasteiger partial charge on any atom is 0.373 e. The fourth-order valence-electron chi connectivity index (χ4n) is 0.778. The Morgan fingerprint density at radius 3 is 2.46 bits per heavy atom. The van der Waals surface area contributed by atoms with Crippen molar-refractivity contribution >= 4 is 5.97 Å². The predicted molar refractivity (Wildman–Crippen MR) is 50.8 cm³/mol. The Morgan fingerprint density at radius 2 is 2.08 bits per heavy atom. The molecule has 0 spiro atoms. The van der Waals surface area contributed by atoms with Gasteiger partial charge in [-0.2, -0.15) is 0 Å². The molecule has 0 amide bonds. The van der Waals surface area contributed by atoms with Gasteiger partial charge in [0.25, 0.3) is 0 Å². The lowest BCUT2D eigenvalue weighted by molar-refractivity contribution is 0.0563. The van der Waals surface area contributed by atoms with Crippen molar-refractivity contribution in [3.8, 4) is 0 Å². The van der Waals surface area contributed by atoms with Crippen LogP contribution in [0.5, 0.6) is 0 Å². The van der Waals surface area contributed by atoms with Gasteiger partial charge in [-0.3, -0.25) is 0 Å². The van der Waals surface area contributed by atoms with Crippen LogP contribution in [-0.2, 0) is 11.2 Å². The van der Waals surface area contributed by atoms with Crippen molar-refractivity contribution in [3.63, 3.8) is 0 Å². The Bertz CT molecular complexity index is 250. The van der Waals surface area contributed by atoms with E-state index in [0.29, 0.717) is 0 Å². The molecular weight excluding hydrogens is 168 g/mol. The number of furan rings is 1. The van der Waals surface area contributed by atoms with Crippen LogP contribution in [0, 0.1) is 0 Å². The monoisotopic (exact) mass is 184 g/mol. The van der Waals surface area contributed by atoms with Crippen LogP contribution in [0.15, 0.2) is 16.5 Å². The summed E-state index contributed by atoms with van der Waals surface area (Å²) in [6, 6.07) is 3.39. The molecule has 0 aliphatic heterocycles. The Hall–Kier alpha value is -1.25. The van der Waals surface area contributed by atoms with E-state index in [-0.39, 0.29) is 5.76 Å². The number of hydrogen-bond acceptors (Lipinski definition) is 3. The molecule has 3 nitrogen and oxygen atoms in total. The summed E-state index contributed by atoms with van der Waals surface area (Å²) in [6.07, 6.45) is 0.789. The number of methoxy groups -OCH3 is 1. The van der Waals surface area contributed by atoms with E-state index in [1.165, 1.54) is 7.11 Å². The maximum atomic E-state index is 10.8. The van der Waals surface area contributed by atoms with Gasteiger partial charge < -0.3 is 9.15 Å². The predicted octanol–water partition coefficient (Wildman–Crippen LogP) is 2.65. The van der Waals surface area contributed by atoms with Crippen LogP contribution in [0.4, 0.5) is 0 Å². The fourth-order valence-corrected chi connectivity index (χ4v) is 0.778. The molecule has 1 aromatic heterocycles. The molecule has 3 heteroatoms. The molecule has 0 bridgehead atoms. The first kappa shape index (κ1) is 11.8. The highest BCUT2D eigenvalue weighted by Gasteiger charge is 2.09. The molecule has 0 atom stereocenters. The van der Waals surface area contributed by atoms with Gasteiger partial charge in [0.05, 0.1) is 7.11 Å². The molecule has 0 aliphatic rings. The summed E-state index contributed by atoms with van der Waals surface area (Å²) in [5.41, 5.74) is 0. The summed E-state index contributed by atoms with van der Waals surface area (Å²) in [5, 5.41) is 0. The molecule has 0 aliphatic carbocycles. The topological polar surface area (TPSA) is 39.4 Å². The van der Waals surface area contributed by atoms with Crippen LogP contribution in [0.3, 0.4) is 0 Å². The number of hydrogen-bond donors (Lipinski definition) is 0. The third-order valence-electron chi connectivity index (χ3n) is 1.40. The van der Waals surface area contributed by atoms with Gasteiger partial charge in [-0.25, -0.2) is 4.79 Å². The minimum atomic E-state index is -0.426. The van der Waals surface area contributed by atoms with E-state index in [1.807, 2.05) is 20.8 Å². The van der Waals surface area contributed by atoms with E-state index in [4.69, 9.17) is 4.42 Å². The van der Waals surface area contributed by atoms with Crippen LogP contribution in [0.25, 0.3) is 0 Å². The van der Waals surface area contributed by atoms with E-state index < -0.39 is 5.97 Å². The minimum Gasteiger partial charge on any atom is -0.463 e. The van der Waals surface area contributed by atoms with Gasteiger partial charge in [0.1, 0.15) is 5.76 Å². The highest BCUT2D eigenvalue weighted by molar-refractivity contribution is 5.86. The lowest BCUT2D eigenvalue weighted by Gasteiger charge is -1.92. The zero-order valence-corrected chi connectivity index (χ0v) is 8.59. The summed E-state index contributed by atoms with van der Waals surface area (Å²) in [5.74, 6) is 0.638. The number of ether oxygens (including phenoxy) is 1. The molecule has 0 N–H and O–H groups in total. The molecule has 1 rings (SSSR count). The first-order chi connectivity index (χ1) is 6.27. The van der Waals surface area contributed by atoms with Crippen LogP contribution >= 0.6 is 0 Å². The first-order valence-electron chi connectivity index (χ1n) is 4.45. The van der Waals surface area contributed by atoms with Crippen molar-refractivity contribution in [3.05, 3.63) is 23.7 Å². The van der Waals surface area contributed by atoms with Crippen molar-refractivity contribution in [1.82, 2.24) is 0 Å². The lowest BCUT2D eigenvalue weighted by atomic mass is 10.4. The average Bonchev–Trinajstić information content (AvgIpc) is 2.68. The van der Waals surface area contributed by atoms with Gasteiger partial charge in [-0.1, -0.05) is 20.8 Å². The van der Waals surface area contributed by atoms with Crippen LogP contribution in [0.1, 0.15) is 37.1 Å². The molecule has 0 fully saturated rings. The Morgan fingerprint density at radius 1 is 1.46 bits per heavy atom. The Kier molecular flexibility index (Phi) is 5.68. The Balaban J connectivity index is 0.000000671. The SMILES string of the molecule is CC.CCc1ccc(C(=O)OC)o1. The second kappa shape index (κ2) is 6.29. The molecule has 74 valence electrons. The van der Waals surface area contributed by atoms with E-state index in [0.717, 1.165) is 12.2 Å². The van der Waals surface area contributed by atoms with E-state index in [1.54, 1.807) is 12.1 Å². The summed E-state index contributed by atoms with van der Waals surface area (Å²) < 4.78 is 9.57. The number of rotatable bonds is 2. The molecule has 0 radical (unpaired) electrons. The summed E-state index contributed by atoms with van der Waals surface area (Å²) in [4.78, 5) is 10.8. The van der Waals surface area contributed by atoms with E-state index in [2.05, 4.69) is 4.74 Å². The van der Waals surface area contributed by atoms with Crippen LogP contribution in [-0.4, -0.2) is 13.1 Å². The van der Waals surface area contributed by atoms with Gasteiger partial charge >= 0.3 is 5.97 Å². The van der Waals surface area contributed by atoms with E-state index in [9.17, 15) is 4.79 Å². The molecule has 0 aromatic carbocycles. The minimum absolute atomic E-state index is 0.268. The van der Waals surface area contributed by atoms with Crippen molar-refractivity contribution < 1.29 is 13.9 Å². The molecule has 0 saturated carbocycles. The van der Waals surface area contributed by atoms with Crippen LogP contribution < -0.4 is 0 Å². The number of carbonyl (C=O) groups excluding carboxylic acids is 1. The first-order valence-corrected chi connectivity index (χ1v) is 4.45. The highest BCUT2D eigenvalue weighted by Crippen LogP contribution is 2.08. The molecule has 1 heterocycles. The second-order valence-electron chi connectivity index (χ2n) is 2.11. The third kappa shape index (κ3) is 3.32.